The van der Waals surface area contributed by atoms with Crippen LogP contribution in [-0.4, -0.2) is 33.2 Å². The summed E-state index contributed by atoms with van der Waals surface area (Å²) >= 11 is 0. The second-order valence-corrected chi connectivity index (χ2v) is 7.00. The molecule has 2 heterocycles. The fourth-order valence-electron chi connectivity index (χ4n) is 2.87. The van der Waals surface area contributed by atoms with Crippen LogP contribution in [0, 0.1) is 5.92 Å². The zero-order valence-corrected chi connectivity index (χ0v) is 16.9. The molecule has 26 heavy (non-hydrogen) atoms. The number of aromatic nitrogens is 4. The van der Waals surface area contributed by atoms with Crippen molar-refractivity contribution >= 4 is 36.6 Å². The Balaban J connectivity index is 0.00000169. The highest BCUT2D eigenvalue weighted by Gasteiger charge is 2.29. The highest BCUT2D eigenvalue weighted by Crippen LogP contribution is 2.35. The molecular formula is C16H27Cl2N7O. The van der Waals surface area contributed by atoms with Gasteiger partial charge in [0.05, 0.1) is 12.2 Å². The van der Waals surface area contributed by atoms with Crippen molar-refractivity contribution in [2.45, 2.75) is 51.6 Å². The van der Waals surface area contributed by atoms with Gasteiger partial charge in [0.25, 0.3) is 0 Å². The highest BCUT2D eigenvalue weighted by molar-refractivity contribution is 5.85. The fourth-order valence-corrected chi connectivity index (χ4v) is 2.87. The molecule has 0 radical (unpaired) electrons. The summed E-state index contributed by atoms with van der Waals surface area (Å²) in [6.07, 6.45) is 2.70. The smallest absolute Gasteiger partial charge is 0.246 e. The molecule has 0 bridgehead atoms. The largest absolute Gasteiger partial charge is 0.368 e. The molecule has 146 valence electrons. The van der Waals surface area contributed by atoms with Crippen molar-refractivity contribution in [2.24, 2.45) is 11.7 Å². The molecule has 0 saturated heterocycles. The number of nitrogen functional groups attached to an aromatic ring is 1. The van der Waals surface area contributed by atoms with E-state index in [0.717, 1.165) is 36.6 Å². The first kappa shape index (κ1) is 22.4. The average molecular weight is 404 g/mol. The number of hydrogen-bond acceptors (Lipinski definition) is 8. The maximum Gasteiger partial charge on any atom is 0.246 e. The predicted molar refractivity (Wildman–Crippen MR) is 106 cm³/mol. The van der Waals surface area contributed by atoms with Gasteiger partial charge in [0.1, 0.15) is 5.82 Å². The molecule has 1 saturated carbocycles. The molecule has 1 fully saturated rings. The van der Waals surface area contributed by atoms with Gasteiger partial charge >= 0.3 is 0 Å². The Morgan fingerprint density at radius 2 is 1.92 bits per heavy atom. The van der Waals surface area contributed by atoms with E-state index in [0.29, 0.717) is 24.3 Å². The fraction of sp³-hybridized carbons (Fsp3) is 0.625. The summed E-state index contributed by atoms with van der Waals surface area (Å²) in [6.45, 7) is 4.73. The Morgan fingerprint density at radius 3 is 2.54 bits per heavy atom. The molecule has 4 N–H and O–H groups in total. The van der Waals surface area contributed by atoms with Gasteiger partial charge in [0.2, 0.25) is 11.8 Å². The van der Waals surface area contributed by atoms with Gasteiger partial charge in [-0.25, -0.2) is 4.98 Å². The van der Waals surface area contributed by atoms with Crippen LogP contribution in [0.15, 0.2) is 10.6 Å². The first-order valence-electron chi connectivity index (χ1n) is 8.33. The van der Waals surface area contributed by atoms with Crippen LogP contribution >= 0.6 is 24.8 Å². The van der Waals surface area contributed by atoms with Crippen LogP contribution in [0.5, 0.6) is 0 Å². The first-order valence-corrected chi connectivity index (χ1v) is 8.33. The van der Waals surface area contributed by atoms with Gasteiger partial charge in [-0.1, -0.05) is 19.0 Å². The van der Waals surface area contributed by atoms with Gasteiger partial charge < -0.3 is 20.9 Å². The molecule has 0 spiro atoms. The molecule has 2 aromatic heterocycles. The number of halogens is 2. The van der Waals surface area contributed by atoms with Crippen LogP contribution in [-0.2, 0) is 13.0 Å². The van der Waals surface area contributed by atoms with Crippen molar-refractivity contribution in [1.82, 2.24) is 20.1 Å². The molecule has 1 aliphatic carbocycles. The minimum Gasteiger partial charge on any atom is -0.368 e. The third-order valence-corrected chi connectivity index (χ3v) is 4.21. The minimum atomic E-state index is 0. The van der Waals surface area contributed by atoms with Crippen LogP contribution in [0.3, 0.4) is 0 Å². The van der Waals surface area contributed by atoms with Crippen molar-refractivity contribution in [1.29, 1.82) is 0 Å². The molecule has 2 aromatic rings. The molecule has 0 unspecified atom stereocenters. The zero-order valence-electron chi connectivity index (χ0n) is 15.3. The Hall–Kier alpha value is -1.64. The third-order valence-electron chi connectivity index (χ3n) is 4.21. The van der Waals surface area contributed by atoms with Crippen LogP contribution in [0.25, 0.3) is 0 Å². The van der Waals surface area contributed by atoms with E-state index in [1.807, 2.05) is 18.0 Å². The zero-order chi connectivity index (χ0) is 17.3. The molecule has 1 aliphatic rings. The normalized spacial score (nSPS) is 18.7. The first-order chi connectivity index (χ1) is 11.4. The van der Waals surface area contributed by atoms with Crippen LogP contribution in [0.4, 0.5) is 11.8 Å². The average Bonchev–Trinajstić information content (AvgIpc) is 2.89. The molecular weight excluding hydrogens is 377 g/mol. The predicted octanol–water partition coefficient (Wildman–Crippen LogP) is 2.33. The lowest BCUT2D eigenvalue weighted by Gasteiger charge is -2.32. The van der Waals surface area contributed by atoms with Crippen molar-refractivity contribution < 1.29 is 4.52 Å². The van der Waals surface area contributed by atoms with Gasteiger partial charge in [0.15, 0.2) is 5.82 Å². The van der Waals surface area contributed by atoms with E-state index in [2.05, 4.69) is 34.0 Å². The van der Waals surface area contributed by atoms with Crippen molar-refractivity contribution in [2.75, 3.05) is 17.7 Å². The molecule has 3 rings (SSSR count). The Kier molecular flexibility index (Phi) is 8.05. The molecule has 0 amide bonds. The monoisotopic (exact) mass is 403 g/mol. The number of hydrogen-bond donors (Lipinski definition) is 2. The van der Waals surface area contributed by atoms with Crippen LogP contribution < -0.4 is 16.4 Å². The highest BCUT2D eigenvalue weighted by atomic mass is 35.5. The summed E-state index contributed by atoms with van der Waals surface area (Å²) in [6, 6.07) is 2.24. The Morgan fingerprint density at radius 1 is 1.23 bits per heavy atom. The molecule has 10 heteroatoms. The lowest BCUT2D eigenvalue weighted by molar-refractivity contribution is 0.345. The summed E-state index contributed by atoms with van der Waals surface area (Å²) < 4.78 is 5.32. The standard InChI is InChI=1S/C16H25N7O.2ClH/c1-9(2)4-13-20-15(24-22-13)8-23(3)14-7-12(19-16(18)21-14)10-5-11(17)6-10;;/h7,9-11H,4-6,8,17H2,1-3H3,(H2,18,19,21);2*1H. The van der Waals surface area contributed by atoms with E-state index >= 15 is 0 Å². The summed E-state index contributed by atoms with van der Waals surface area (Å²) in [5.41, 5.74) is 12.7. The van der Waals surface area contributed by atoms with E-state index in [1.165, 1.54) is 0 Å². The van der Waals surface area contributed by atoms with Crippen molar-refractivity contribution in [3.05, 3.63) is 23.5 Å². The maximum atomic E-state index is 5.87. The topological polar surface area (TPSA) is 120 Å². The molecule has 0 aliphatic heterocycles. The summed E-state index contributed by atoms with van der Waals surface area (Å²) in [4.78, 5) is 15.0. The second kappa shape index (κ2) is 9.34. The Labute approximate surface area is 166 Å². The summed E-state index contributed by atoms with van der Waals surface area (Å²) in [5, 5.41) is 4.01. The summed E-state index contributed by atoms with van der Waals surface area (Å²) in [5.74, 6) is 3.20. The SMILES string of the molecule is CC(C)Cc1noc(CN(C)c2cc(C3CC(N)C3)nc(N)n2)n1.Cl.Cl. The Bertz CT molecular complexity index is 704. The quantitative estimate of drug-likeness (QED) is 0.753. The van der Waals surface area contributed by atoms with E-state index in [1.54, 1.807) is 0 Å². The van der Waals surface area contributed by atoms with Crippen LogP contribution in [0.1, 0.15) is 50.0 Å². The van der Waals surface area contributed by atoms with E-state index < -0.39 is 0 Å². The number of rotatable bonds is 6. The number of nitrogens with two attached hydrogens (primary N) is 2. The minimum absolute atomic E-state index is 0. The number of anilines is 2. The van der Waals surface area contributed by atoms with E-state index in [9.17, 15) is 0 Å². The van der Waals surface area contributed by atoms with Crippen LogP contribution in [0.2, 0.25) is 0 Å². The van der Waals surface area contributed by atoms with Gasteiger partial charge in [-0.05, 0) is 18.8 Å². The maximum absolute atomic E-state index is 5.87. The van der Waals surface area contributed by atoms with Crippen molar-refractivity contribution in [3.63, 3.8) is 0 Å². The third kappa shape index (κ3) is 5.43. The van der Waals surface area contributed by atoms with Gasteiger partial charge in [0, 0.05) is 31.5 Å². The number of nitrogens with zero attached hydrogens (tertiary/aromatic N) is 5. The molecule has 0 aromatic carbocycles. The molecule has 8 nitrogen and oxygen atoms in total. The van der Waals surface area contributed by atoms with Gasteiger partial charge in [-0.2, -0.15) is 9.97 Å². The molecule has 0 atom stereocenters. The lowest BCUT2D eigenvalue weighted by atomic mass is 9.78. The van der Waals surface area contributed by atoms with E-state index in [4.69, 9.17) is 16.0 Å². The summed E-state index contributed by atoms with van der Waals surface area (Å²) in [7, 11) is 1.92. The van der Waals surface area contributed by atoms with Gasteiger partial charge in [-0.3, -0.25) is 0 Å². The van der Waals surface area contributed by atoms with Crippen molar-refractivity contribution in [3.8, 4) is 0 Å². The van der Waals surface area contributed by atoms with E-state index in [-0.39, 0.29) is 36.8 Å². The van der Waals surface area contributed by atoms with Gasteiger partial charge in [-0.15, -0.1) is 24.8 Å². The lowest BCUT2D eigenvalue weighted by Crippen LogP contribution is -2.35. The second-order valence-electron chi connectivity index (χ2n) is 7.00.